The van der Waals surface area contributed by atoms with E-state index in [9.17, 15) is 24.3 Å². The van der Waals surface area contributed by atoms with E-state index in [1.807, 2.05) is 0 Å². The molecule has 1 spiro atoms. The summed E-state index contributed by atoms with van der Waals surface area (Å²) in [6.07, 6.45) is 6.71. The van der Waals surface area contributed by atoms with Crippen molar-refractivity contribution in [3.05, 3.63) is 34.9 Å². The molecule has 5 rings (SSSR count). The van der Waals surface area contributed by atoms with Crippen molar-refractivity contribution in [1.29, 1.82) is 0 Å². The fourth-order valence-electron chi connectivity index (χ4n) is 6.43. The van der Waals surface area contributed by atoms with Crippen molar-refractivity contribution in [3.8, 4) is 0 Å². The van der Waals surface area contributed by atoms with Gasteiger partial charge in [0.25, 0.3) is 11.8 Å². The molecule has 3 fully saturated rings. The zero-order chi connectivity index (χ0) is 23.3. The number of carbonyl (C=O) groups is 4. The van der Waals surface area contributed by atoms with E-state index < -0.39 is 6.04 Å². The molecular weight excluding hydrogens is 420 g/mol. The van der Waals surface area contributed by atoms with Crippen LogP contribution < -0.4 is 5.32 Å². The molecule has 2 N–H and O–H groups in total. The highest BCUT2D eigenvalue weighted by molar-refractivity contribution is 6.08. The Balaban J connectivity index is 1.20. The van der Waals surface area contributed by atoms with E-state index in [2.05, 4.69) is 12.2 Å². The average Bonchev–Trinajstić information content (AvgIpc) is 3.09. The molecule has 1 aliphatic heterocycles. The molecule has 2 unspecified atom stereocenters. The van der Waals surface area contributed by atoms with Crippen molar-refractivity contribution in [2.45, 2.75) is 89.4 Å². The summed E-state index contributed by atoms with van der Waals surface area (Å²) < 4.78 is 0. The van der Waals surface area contributed by atoms with Crippen LogP contribution in [-0.2, 0) is 16.1 Å². The second-order valence-corrected chi connectivity index (χ2v) is 10.7. The summed E-state index contributed by atoms with van der Waals surface area (Å²) in [6.45, 7) is 2.36. The van der Waals surface area contributed by atoms with Gasteiger partial charge in [0.15, 0.2) is 5.78 Å². The summed E-state index contributed by atoms with van der Waals surface area (Å²) in [4.78, 5) is 51.2. The van der Waals surface area contributed by atoms with E-state index in [0.29, 0.717) is 41.8 Å². The predicted molar refractivity (Wildman–Crippen MR) is 121 cm³/mol. The van der Waals surface area contributed by atoms with Crippen LogP contribution in [-0.4, -0.2) is 51.6 Å². The molecule has 4 aliphatic rings. The van der Waals surface area contributed by atoms with Gasteiger partial charge in [-0.2, -0.15) is 0 Å². The largest absolute Gasteiger partial charge is 0.393 e. The Kier molecular flexibility index (Phi) is 5.63. The number of nitrogens with one attached hydrogen (secondary N) is 1. The molecule has 7 heteroatoms. The maximum absolute atomic E-state index is 13.0. The van der Waals surface area contributed by atoms with Crippen LogP contribution in [0.2, 0.25) is 0 Å². The minimum Gasteiger partial charge on any atom is -0.393 e. The molecule has 0 bridgehead atoms. The molecule has 0 aromatic heterocycles. The van der Waals surface area contributed by atoms with Gasteiger partial charge in [-0.15, -0.1) is 0 Å². The smallest absolute Gasteiger partial charge is 0.255 e. The molecule has 1 aromatic rings. The Morgan fingerprint density at radius 3 is 2.55 bits per heavy atom. The van der Waals surface area contributed by atoms with Crippen molar-refractivity contribution in [2.24, 2.45) is 11.3 Å². The number of aliphatic hydroxyl groups is 1. The van der Waals surface area contributed by atoms with Crippen LogP contribution in [0.5, 0.6) is 0 Å². The molecule has 176 valence electrons. The van der Waals surface area contributed by atoms with E-state index in [1.54, 1.807) is 23.1 Å². The van der Waals surface area contributed by atoms with Gasteiger partial charge in [-0.1, -0.05) is 0 Å². The fourth-order valence-corrected chi connectivity index (χ4v) is 6.43. The molecule has 7 nitrogen and oxygen atoms in total. The first-order valence-corrected chi connectivity index (χ1v) is 12.2. The number of hydrogen-bond acceptors (Lipinski definition) is 5. The Labute approximate surface area is 193 Å². The zero-order valence-corrected chi connectivity index (χ0v) is 19.1. The summed E-state index contributed by atoms with van der Waals surface area (Å²) >= 11 is 0. The molecule has 1 aromatic carbocycles. The number of Topliss-reactive ketones (excluding diaryl/α,β-unsaturated/α-hetero) is 2. The van der Waals surface area contributed by atoms with E-state index in [-0.39, 0.29) is 41.9 Å². The number of benzene rings is 1. The summed E-state index contributed by atoms with van der Waals surface area (Å²) in [6, 6.07) is 4.64. The second-order valence-electron chi connectivity index (χ2n) is 10.7. The van der Waals surface area contributed by atoms with E-state index in [1.165, 1.54) is 0 Å². The normalized spacial score (nSPS) is 32.5. The minimum absolute atomic E-state index is 0.0589. The van der Waals surface area contributed by atoms with Gasteiger partial charge in [-0.25, -0.2) is 0 Å². The monoisotopic (exact) mass is 452 g/mol. The first-order chi connectivity index (χ1) is 15.7. The molecular formula is C26H32N2O5. The molecule has 3 aliphatic carbocycles. The van der Waals surface area contributed by atoms with E-state index in [0.717, 1.165) is 44.1 Å². The third-order valence-electron chi connectivity index (χ3n) is 8.51. The van der Waals surface area contributed by atoms with Crippen LogP contribution in [0.15, 0.2) is 18.2 Å². The van der Waals surface area contributed by atoms with Gasteiger partial charge in [0.2, 0.25) is 0 Å². The summed E-state index contributed by atoms with van der Waals surface area (Å²) in [5.74, 6) is -0.161. The standard InChI is InChI=1S/C26H32N2O5/c1-15(16-6-8-26(9-7-16)12-20(30)13-26)27-24(32)17-2-4-21-18(10-17)14-28(25(21)33)22-5-3-19(29)11-23(22)31/h2,4,10,15-16,20,22,30H,3,5-9,11-14H2,1H3,(H,27,32). The SMILES string of the molecule is CC(NC(=O)c1ccc2c(c1)CN(C1CCC(=O)CC1=O)C2=O)C1CCC2(CC1)CC(O)C2. The summed E-state index contributed by atoms with van der Waals surface area (Å²) in [5.41, 5.74) is 2.15. The number of ketones is 2. The maximum atomic E-state index is 13.0. The topological polar surface area (TPSA) is 104 Å². The number of rotatable bonds is 4. The lowest BCUT2D eigenvalue weighted by Crippen LogP contribution is -2.46. The average molecular weight is 453 g/mol. The van der Waals surface area contributed by atoms with Crippen molar-refractivity contribution in [3.63, 3.8) is 0 Å². The van der Waals surface area contributed by atoms with Gasteiger partial charge in [0.1, 0.15) is 5.78 Å². The van der Waals surface area contributed by atoms with Gasteiger partial charge in [0, 0.05) is 30.1 Å². The number of carbonyl (C=O) groups excluding carboxylic acids is 4. The van der Waals surface area contributed by atoms with Gasteiger partial charge in [-0.3, -0.25) is 19.2 Å². The Morgan fingerprint density at radius 1 is 1.15 bits per heavy atom. The summed E-state index contributed by atoms with van der Waals surface area (Å²) in [5, 5.41) is 12.8. The highest BCUT2D eigenvalue weighted by atomic mass is 16.3. The lowest BCUT2D eigenvalue weighted by atomic mass is 9.57. The highest BCUT2D eigenvalue weighted by Crippen LogP contribution is 2.53. The quantitative estimate of drug-likeness (QED) is 0.684. The number of fused-ring (bicyclic) bond motifs is 1. The second kappa shape index (κ2) is 8.35. The first-order valence-electron chi connectivity index (χ1n) is 12.2. The summed E-state index contributed by atoms with van der Waals surface area (Å²) in [7, 11) is 0. The van der Waals surface area contributed by atoms with Gasteiger partial charge in [0.05, 0.1) is 18.6 Å². The van der Waals surface area contributed by atoms with Crippen LogP contribution >= 0.6 is 0 Å². The van der Waals surface area contributed by atoms with Crippen molar-refractivity contribution in [1.82, 2.24) is 10.2 Å². The predicted octanol–water partition coefficient (Wildman–Crippen LogP) is 2.78. The van der Waals surface area contributed by atoms with Gasteiger partial charge < -0.3 is 15.3 Å². The molecule has 1 heterocycles. The Morgan fingerprint density at radius 2 is 1.88 bits per heavy atom. The maximum Gasteiger partial charge on any atom is 0.255 e. The molecule has 2 amide bonds. The lowest BCUT2D eigenvalue weighted by Gasteiger charge is -2.50. The van der Waals surface area contributed by atoms with Crippen molar-refractivity contribution < 1.29 is 24.3 Å². The minimum atomic E-state index is -0.550. The molecule has 0 saturated heterocycles. The number of nitrogens with zero attached hydrogens (tertiary/aromatic N) is 1. The van der Waals surface area contributed by atoms with Crippen LogP contribution in [0.4, 0.5) is 0 Å². The number of aliphatic hydroxyl groups excluding tert-OH is 1. The van der Waals surface area contributed by atoms with Crippen LogP contribution in [0, 0.1) is 11.3 Å². The van der Waals surface area contributed by atoms with Crippen LogP contribution in [0.25, 0.3) is 0 Å². The number of hydrogen-bond donors (Lipinski definition) is 2. The molecule has 2 atom stereocenters. The Bertz CT molecular complexity index is 1000. The number of amides is 2. The van der Waals surface area contributed by atoms with E-state index >= 15 is 0 Å². The van der Waals surface area contributed by atoms with E-state index in [4.69, 9.17) is 0 Å². The molecule has 33 heavy (non-hydrogen) atoms. The lowest BCUT2D eigenvalue weighted by molar-refractivity contribution is -0.133. The van der Waals surface area contributed by atoms with Crippen LogP contribution in [0.1, 0.15) is 91.0 Å². The van der Waals surface area contributed by atoms with Crippen molar-refractivity contribution >= 4 is 23.4 Å². The molecule has 3 saturated carbocycles. The van der Waals surface area contributed by atoms with Crippen molar-refractivity contribution in [2.75, 3.05) is 0 Å². The Hall–Kier alpha value is -2.54. The third kappa shape index (κ3) is 4.12. The first kappa shape index (κ1) is 22.3. The van der Waals surface area contributed by atoms with Gasteiger partial charge >= 0.3 is 0 Å². The third-order valence-corrected chi connectivity index (χ3v) is 8.51. The van der Waals surface area contributed by atoms with Crippen LogP contribution in [0.3, 0.4) is 0 Å². The molecule has 0 radical (unpaired) electrons. The highest BCUT2D eigenvalue weighted by Gasteiger charge is 2.46. The fraction of sp³-hybridized carbons (Fsp3) is 0.615. The van der Waals surface area contributed by atoms with Gasteiger partial charge in [-0.05, 0) is 87.0 Å². The zero-order valence-electron chi connectivity index (χ0n) is 19.1.